The molecule has 1 aliphatic rings. The maximum atomic E-state index is 9.46. The maximum absolute atomic E-state index is 9.46. The van der Waals surface area contributed by atoms with Gasteiger partial charge in [-0.25, -0.2) is 0 Å². The SMILES string of the molecule is Cc1nc2c(c(C)c1C#N)C=C(C(C)c1c(C)c(C)c(C)c3[nH]ccc13)C2. The molecule has 2 aromatic heterocycles. The lowest BCUT2D eigenvalue weighted by Gasteiger charge is -2.21. The van der Waals surface area contributed by atoms with E-state index in [1.165, 1.54) is 38.7 Å². The zero-order valence-electron chi connectivity index (χ0n) is 16.9. The minimum absolute atomic E-state index is 0.307. The van der Waals surface area contributed by atoms with Crippen molar-refractivity contribution in [2.45, 2.75) is 53.9 Å². The molecule has 0 bridgehead atoms. The van der Waals surface area contributed by atoms with Gasteiger partial charge in [0.05, 0.1) is 17.0 Å². The van der Waals surface area contributed by atoms with E-state index in [0.29, 0.717) is 11.5 Å². The molecule has 3 nitrogen and oxygen atoms in total. The molecule has 1 aliphatic carbocycles. The molecule has 0 aliphatic heterocycles. The van der Waals surface area contributed by atoms with Crippen molar-refractivity contribution in [2.75, 3.05) is 0 Å². The molecule has 2 heterocycles. The number of aromatic nitrogens is 2. The molecule has 1 unspecified atom stereocenters. The molecular weight excluding hydrogens is 330 g/mol. The third-order valence-electron chi connectivity index (χ3n) is 6.50. The first kappa shape index (κ1) is 17.5. The van der Waals surface area contributed by atoms with Crippen LogP contribution in [0.25, 0.3) is 17.0 Å². The van der Waals surface area contributed by atoms with Crippen LogP contribution >= 0.6 is 0 Å². The Morgan fingerprint density at radius 1 is 1.07 bits per heavy atom. The van der Waals surface area contributed by atoms with E-state index in [4.69, 9.17) is 4.98 Å². The van der Waals surface area contributed by atoms with Gasteiger partial charge in [0.2, 0.25) is 0 Å². The van der Waals surface area contributed by atoms with Crippen LogP contribution in [0, 0.1) is 45.9 Å². The molecule has 0 radical (unpaired) electrons. The molecule has 1 N–H and O–H groups in total. The van der Waals surface area contributed by atoms with Crippen molar-refractivity contribution in [3.8, 4) is 6.07 Å². The molecule has 0 amide bonds. The second-order valence-corrected chi connectivity index (χ2v) is 7.84. The van der Waals surface area contributed by atoms with E-state index in [1.807, 2.05) is 20.0 Å². The van der Waals surface area contributed by atoms with Crippen LogP contribution < -0.4 is 0 Å². The number of benzene rings is 1. The first-order valence-electron chi connectivity index (χ1n) is 9.52. The Labute approximate surface area is 160 Å². The van der Waals surface area contributed by atoms with Crippen LogP contribution in [0.4, 0.5) is 0 Å². The number of hydrogen-bond acceptors (Lipinski definition) is 2. The number of aromatic amines is 1. The van der Waals surface area contributed by atoms with Crippen LogP contribution in [0.5, 0.6) is 0 Å². The normalized spacial score (nSPS) is 14.2. The summed E-state index contributed by atoms with van der Waals surface area (Å²) in [7, 11) is 0. The van der Waals surface area contributed by atoms with Gasteiger partial charge in [-0.1, -0.05) is 18.6 Å². The maximum Gasteiger partial charge on any atom is 0.101 e. The van der Waals surface area contributed by atoms with Gasteiger partial charge in [-0.05, 0) is 68.5 Å². The molecule has 0 fully saturated rings. The Balaban J connectivity index is 1.86. The van der Waals surface area contributed by atoms with Crippen molar-refractivity contribution < 1.29 is 0 Å². The number of allylic oxidation sites excluding steroid dienone is 1. The minimum atomic E-state index is 0.307. The number of nitrogens with one attached hydrogen (secondary N) is 1. The number of fused-ring (bicyclic) bond motifs is 2. The van der Waals surface area contributed by atoms with Gasteiger partial charge in [-0.2, -0.15) is 5.26 Å². The van der Waals surface area contributed by atoms with Gasteiger partial charge < -0.3 is 4.98 Å². The lowest BCUT2D eigenvalue weighted by molar-refractivity contribution is 0.854. The van der Waals surface area contributed by atoms with E-state index in [9.17, 15) is 5.26 Å². The van der Waals surface area contributed by atoms with E-state index < -0.39 is 0 Å². The van der Waals surface area contributed by atoms with Gasteiger partial charge in [0, 0.05) is 35.0 Å². The third-order valence-corrected chi connectivity index (χ3v) is 6.50. The van der Waals surface area contributed by atoms with E-state index >= 15 is 0 Å². The molecule has 3 heteroatoms. The molecule has 27 heavy (non-hydrogen) atoms. The van der Waals surface area contributed by atoms with Crippen LogP contribution in [0.2, 0.25) is 0 Å². The number of hydrogen-bond donors (Lipinski definition) is 1. The second-order valence-electron chi connectivity index (χ2n) is 7.84. The van der Waals surface area contributed by atoms with Crippen LogP contribution in [0.1, 0.15) is 63.2 Å². The van der Waals surface area contributed by atoms with Crippen LogP contribution in [0.15, 0.2) is 17.8 Å². The summed E-state index contributed by atoms with van der Waals surface area (Å²) in [6, 6.07) is 4.52. The second kappa shape index (κ2) is 6.09. The lowest BCUT2D eigenvalue weighted by atomic mass is 9.83. The molecule has 136 valence electrons. The van der Waals surface area contributed by atoms with E-state index in [-0.39, 0.29) is 0 Å². The van der Waals surface area contributed by atoms with Crippen molar-refractivity contribution in [1.82, 2.24) is 9.97 Å². The van der Waals surface area contributed by atoms with Gasteiger partial charge in [-0.15, -0.1) is 0 Å². The zero-order chi connectivity index (χ0) is 19.5. The van der Waals surface area contributed by atoms with E-state index in [1.54, 1.807) is 0 Å². The minimum Gasteiger partial charge on any atom is -0.361 e. The number of rotatable bonds is 2. The smallest absolute Gasteiger partial charge is 0.101 e. The molecule has 0 saturated heterocycles. The number of nitrogens with zero attached hydrogens (tertiary/aromatic N) is 2. The fourth-order valence-corrected chi connectivity index (χ4v) is 4.66. The highest BCUT2D eigenvalue weighted by Crippen LogP contribution is 2.41. The average molecular weight is 355 g/mol. The van der Waals surface area contributed by atoms with E-state index in [2.05, 4.69) is 50.9 Å². The lowest BCUT2D eigenvalue weighted by Crippen LogP contribution is -2.05. The van der Waals surface area contributed by atoms with Crippen LogP contribution in [0.3, 0.4) is 0 Å². The van der Waals surface area contributed by atoms with Gasteiger partial charge in [0.25, 0.3) is 0 Å². The van der Waals surface area contributed by atoms with E-state index in [0.717, 1.165) is 28.9 Å². The summed E-state index contributed by atoms with van der Waals surface area (Å²) in [5, 5.41) is 10.8. The monoisotopic (exact) mass is 355 g/mol. The summed E-state index contributed by atoms with van der Waals surface area (Å²) in [6.45, 7) is 12.9. The van der Waals surface area contributed by atoms with Gasteiger partial charge in [0.15, 0.2) is 0 Å². The summed E-state index contributed by atoms with van der Waals surface area (Å²) >= 11 is 0. The number of nitriles is 1. The molecule has 3 aromatic rings. The fraction of sp³-hybridized carbons (Fsp3) is 0.333. The largest absolute Gasteiger partial charge is 0.361 e. The summed E-state index contributed by atoms with van der Waals surface area (Å²) in [6.07, 6.45) is 5.18. The zero-order valence-corrected chi connectivity index (χ0v) is 16.9. The summed E-state index contributed by atoms with van der Waals surface area (Å²) in [5.41, 5.74) is 13.0. The molecule has 0 saturated carbocycles. The summed E-state index contributed by atoms with van der Waals surface area (Å²) in [5.74, 6) is 0.307. The predicted molar refractivity (Wildman–Crippen MR) is 111 cm³/mol. The number of H-pyrrole nitrogens is 1. The molecular formula is C24H25N3. The van der Waals surface area contributed by atoms with Crippen molar-refractivity contribution >= 4 is 17.0 Å². The third kappa shape index (κ3) is 2.44. The standard InChI is InChI=1S/C24H25N3/c1-12-13(2)23(19-7-8-26-24(19)14(12)3)15(4)18-9-20-16(5)21(11-25)17(6)27-22(20)10-18/h7-9,15,26H,10H2,1-6H3. The quantitative estimate of drug-likeness (QED) is 0.639. The molecule has 0 spiro atoms. The number of pyridine rings is 1. The van der Waals surface area contributed by atoms with Crippen molar-refractivity contribution in [3.05, 3.63) is 68.2 Å². The topological polar surface area (TPSA) is 52.5 Å². The highest BCUT2D eigenvalue weighted by Gasteiger charge is 2.26. The van der Waals surface area contributed by atoms with Crippen molar-refractivity contribution in [1.29, 1.82) is 5.26 Å². The average Bonchev–Trinajstić information content (AvgIpc) is 3.27. The Hall–Kier alpha value is -2.86. The van der Waals surface area contributed by atoms with Crippen molar-refractivity contribution in [2.24, 2.45) is 0 Å². The molecule has 1 atom stereocenters. The first-order valence-corrected chi connectivity index (χ1v) is 9.52. The predicted octanol–water partition coefficient (Wildman–Crippen LogP) is 5.72. The van der Waals surface area contributed by atoms with Crippen LogP contribution in [-0.4, -0.2) is 9.97 Å². The van der Waals surface area contributed by atoms with Crippen LogP contribution in [-0.2, 0) is 6.42 Å². The summed E-state index contributed by atoms with van der Waals surface area (Å²) in [4.78, 5) is 8.16. The Morgan fingerprint density at radius 2 is 1.81 bits per heavy atom. The Morgan fingerprint density at radius 3 is 2.52 bits per heavy atom. The van der Waals surface area contributed by atoms with Crippen molar-refractivity contribution in [3.63, 3.8) is 0 Å². The molecule has 4 rings (SSSR count). The summed E-state index contributed by atoms with van der Waals surface area (Å²) < 4.78 is 0. The van der Waals surface area contributed by atoms with Gasteiger partial charge in [-0.3, -0.25) is 4.98 Å². The fourth-order valence-electron chi connectivity index (χ4n) is 4.66. The Bertz CT molecular complexity index is 1170. The highest BCUT2D eigenvalue weighted by atomic mass is 14.7. The highest BCUT2D eigenvalue weighted by molar-refractivity contribution is 5.89. The van der Waals surface area contributed by atoms with Gasteiger partial charge >= 0.3 is 0 Å². The number of aryl methyl sites for hydroxylation is 2. The Kier molecular flexibility index (Phi) is 3.96. The first-order chi connectivity index (χ1) is 12.8. The molecule has 1 aromatic carbocycles. The van der Waals surface area contributed by atoms with Gasteiger partial charge in [0.1, 0.15) is 6.07 Å².